The lowest BCUT2D eigenvalue weighted by atomic mass is 10.1. The summed E-state index contributed by atoms with van der Waals surface area (Å²) < 4.78 is 3.11. The van der Waals surface area contributed by atoms with Crippen LogP contribution in [0.1, 0.15) is 5.56 Å². The van der Waals surface area contributed by atoms with Gasteiger partial charge >= 0.3 is 0 Å². The lowest BCUT2D eigenvalue weighted by molar-refractivity contribution is -0.681. The van der Waals surface area contributed by atoms with Gasteiger partial charge in [0.15, 0.2) is 24.7 Å². The molecule has 0 aliphatic heterocycles. The summed E-state index contributed by atoms with van der Waals surface area (Å²) in [6.07, 6.45) is 4.01. The predicted octanol–water partition coefficient (Wildman–Crippen LogP) is 2.79. The van der Waals surface area contributed by atoms with Crippen LogP contribution in [0.3, 0.4) is 0 Å². The van der Waals surface area contributed by atoms with Crippen LogP contribution in [0.2, 0.25) is 0 Å². The zero-order valence-corrected chi connectivity index (χ0v) is 11.7. The monoisotopic (exact) mass is 305 g/mol. The number of halogens is 1. The number of rotatable bonds is 4. The normalized spacial score (nSPS) is 11.3. The minimum absolute atomic E-state index is 0.677. The number of aromatic nitrogens is 1. The van der Waals surface area contributed by atoms with E-state index >= 15 is 0 Å². The second-order valence-electron chi connectivity index (χ2n) is 3.78. The van der Waals surface area contributed by atoms with Crippen molar-refractivity contribution >= 4 is 21.6 Å². The molecule has 18 heavy (non-hydrogen) atoms. The van der Waals surface area contributed by atoms with Crippen LogP contribution < -0.4 is 4.57 Å². The Kier molecular flexibility index (Phi) is 4.47. The molecule has 1 heterocycles. The van der Waals surface area contributed by atoms with Gasteiger partial charge in [0.25, 0.3) is 0 Å². The van der Waals surface area contributed by atoms with E-state index in [1.807, 2.05) is 54.9 Å². The summed E-state index contributed by atoms with van der Waals surface area (Å²) in [5.41, 5.74) is 1.94. The van der Waals surface area contributed by atoms with Crippen molar-refractivity contribution in [2.45, 2.75) is 6.54 Å². The van der Waals surface area contributed by atoms with E-state index in [1.54, 1.807) is 7.11 Å². The smallest absolute Gasteiger partial charge is 0.194 e. The number of hydrogen-bond donors (Lipinski definition) is 0. The quantitative estimate of drug-likeness (QED) is 0.484. The molecular formula is C14H14BrN2O+. The third kappa shape index (κ3) is 3.40. The number of oxime groups is 1. The first-order chi connectivity index (χ1) is 8.79. The van der Waals surface area contributed by atoms with Crippen molar-refractivity contribution in [3.63, 3.8) is 0 Å². The second-order valence-corrected chi connectivity index (χ2v) is 4.69. The zero-order valence-electron chi connectivity index (χ0n) is 10.1. The van der Waals surface area contributed by atoms with Gasteiger partial charge in [-0.25, -0.2) is 0 Å². The zero-order chi connectivity index (χ0) is 12.8. The highest BCUT2D eigenvalue weighted by atomic mass is 79.9. The Bertz CT molecular complexity index is 523. The molecule has 92 valence electrons. The van der Waals surface area contributed by atoms with Crippen LogP contribution in [-0.2, 0) is 11.4 Å². The van der Waals surface area contributed by atoms with E-state index in [2.05, 4.69) is 25.7 Å². The Morgan fingerprint density at radius 2 is 1.83 bits per heavy atom. The van der Waals surface area contributed by atoms with E-state index in [9.17, 15) is 0 Å². The lowest BCUT2D eigenvalue weighted by Crippen LogP contribution is -2.37. The maximum absolute atomic E-state index is 4.92. The molecule has 0 atom stereocenters. The van der Waals surface area contributed by atoms with E-state index in [4.69, 9.17) is 4.84 Å². The van der Waals surface area contributed by atoms with Gasteiger partial charge in [-0.2, -0.15) is 4.57 Å². The van der Waals surface area contributed by atoms with Gasteiger partial charge in [0, 0.05) is 22.2 Å². The van der Waals surface area contributed by atoms with Crippen molar-refractivity contribution in [1.82, 2.24) is 0 Å². The number of pyridine rings is 1. The fraction of sp³-hybridized carbons (Fsp3) is 0.143. The first kappa shape index (κ1) is 12.8. The van der Waals surface area contributed by atoms with Crippen LogP contribution in [0.4, 0.5) is 0 Å². The molecule has 1 aromatic carbocycles. The van der Waals surface area contributed by atoms with Crippen LogP contribution in [-0.4, -0.2) is 12.8 Å². The molecule has 2 aromatic rings. The predicted molar refractivity (Wildman–Crippen MR) is 74.3 cm³/mol. The van der Waals surface area contributed by atoms with Gasteiger partial charge < -0.3 is 4.84 Å². The minimum Gasteiger partial charge on any atom is -0.399 e. The summed E-state index contributed by atoms with van der Waals surface area (Å²) in [6.45, 7) is 0.677. The van der Waals surface area contributed by atoms with Crippen molar-refractivity contribution in [3.8, 4) is 0 Å². The highest BCUT2D eigenvalue weighted by molar-refractivity contribution is 9.10. The maximum Gasteiger partial charge on any atom is 0.194 e. The van der Waals surface area contributed by atoms with Crippen LogP contribution in [0.5, 0.6) is 0 Å². The molecule has 0 spiro atoms. The largest absolute Gasteiger partial charge is 0.399 e. The first-order valence-electron chi connectivity index (χ1n) is 5.59. The summed E-state index contributed by atoms with van der Waals surface area (Å²) in [7, 11) is 1.56. The topological polar surface area (TPSA) is 25.5 Å². The SMILES string of the molecule is CO/N=C(/C[n+]1ccccc1)c1ccc(Br)cc1. The minimum atomic E-state index is 0.677. The molecular weight excluding hydrogens is 292 g/mol. The molecule has 1 aromatic heterocycles. The average molecular weight is 306 g/mol. The second kappa shape index (κ2) is 6.31. The molecule has 0 aliphatic carbocycles. The molecule has 0 saturated heterocycles. The van der Waals surface area contributed by atoms with Gasteiger partial charge in [-0.1, -0.05) is 39.3 Å². The van der Waals surface area contributed by atoms with Crippen molar-refractivity contribution in [2.75, 3.05) is 7.11 Å². The third-order valence-electron chi connectivity index (χ3n) is 2.49. The lowest BCUT2D eigenvalue weighted by Gasteiger charge is -2.03. The molecule has 3 nitrogen and oxygen atoms in total. The molecule has 0 radical (unpaired) electrons. The average Bonchev–Trinajstić information content (AvgIpc) is 2.40. The number of nitrogens with zero attached hydrogens (tertiary/aromatic N) is 2. The van der Waals surface area contributed by atoms with Gasteiger partial charge in [-0.3, -0.25) is 0 Å². The molecule has 0 bridgehead atoms. The highest BCUT2D eigenvalue weighted by Gasteiger charge is 2.10. The van der Waals surface area contributed by atoms with Gasteiger partial charge in [-0.05, 0) is 12.1 Å². The van der Waals surface area contributed by atoms with Crippen molar-refractivity contribution in [2.24, 2.45) is 5.16 Å². The van der Waals surface area contributed by atoms with E-state index < -0.39 is 0 Å². The van der Waals surface area contributed by atoms with Crippen LogP contribution in [0.25, 0.3) is 0 Å². The van der Waals surface area contributed by atoms with Crippen LogP contribution in [0.15, 0.2) is 64.5 Å². The van der Waals surface area contributed by atoms with Crippen LogP contribution >= 0.6 is 15.9 Å². The van der Waals surface area contributed by atoms with Gasteiger partial charge in [0.05, 0.1) is 0 Å². The van der Waals surface area contributed by atoms with E-state index in [0.29, 0.717) is 6.54 Å². The fourth-order valence-electron chi connectivity index (χ4n) is 1.64. The molecule has 0 amide bonds. The molecule has 0 aliphatic rings. The van der Waals surface area contributed by atoms with Crippen molar-refractivity contribution in [3.05, 3.63) is 64.9 Å². The Balaban J connectivity index is 2.24. The van der Waals surface area contributed by atoms with Gasteiger partial charge in [-0.15, -0.1) is 0 Å². The summed E-state index contributed by atoms with van der Waals surface area (Å²) in [4.78, 5) is 4.92. The summed E-state index contributed by atoms with van der Waals surface area (Å²) >= 11 is 3.42. The van der Waals surface area contributed by atoms with E-state index in [0.717, 1.165) is 15.7 Å². The molecule has 0 saturated carbocycles. The van der Waals surface area contributed by atoms with Gasteiger partial charge in [0.1, 0.15) is 7.11 Å². The summed E-state index contributed by atoms with van der Waals surface area (Å²) in [5, 5.41) is 4.10. The van der Waals surface area contributed by atoms with Crippen molar-refractivity contribution < 1.29 is 9.40 Å². The standard InChI is InChI=1S/C14H14BrN2O/c1-18-16-14(11-17-9-3-2-4-10-17)12-5-7-13(15)8-6-12/h2-10H,11H2,1H3/q+1/b16-14-. The maximum atomic E-state index is 4.92. The third-order valence-corrected chi connectivity index (χ3v) is 3.02. The molecule has 4 heteroatoms. The van der Waals surface area contributed by atoms with Crippen LogP contribution in [0, 0.1) is 0 Å². The number of benzene rings is 1. The van der Waals surface area contributed by atoms with E-state index in [1.165, 1.54) is 0 Å². The van der Waals surface area contributed by atoms with Crippen molar-refractivity contribution in [1.29, 1.82) is 0 Å². The molecule has 0 fully saturated rings. The Morgan fingerprint density at radius 3 is 2.44 bits per heavy atom. The Morgan fingerprint density at radius 1 is 1.17 bits per heavy atom. The molecule has 2 rings (SSSR count). The molecule has 0 N–H and O–H groups in total. The summed E-state index contributed by atoms with van der Waals surface area (Å²) in [6, 6.07) is 14.0. The molecule has 0 unspecified atom stereocenters. The Hall–Kier alpha value is -1.68. The fourth-order valence-corrected chi connectivity index (χ4v) is 1.90. The van der Waals surface area contributed by atoms with Gasteiger partial charge in [0.2, 0.25) is 0 Å². The number of hydrogen-bond acceptors (Lipinski definition) is 2. The highest BCUT2D eigenvalue weighted by Crippen LogP contribution is 2.11. The van der Waals surface area contributed by atoms with E-state index in [-0.39, 0.29) is 0 Å². The summed E-state index contributed by atoms with van der Waals surface area (Å²) in [5.74, 6) is 0. The Labute approximate surface area is 115 Å². The first-order valence-corrected chi connectivity index (χ1v) is 6.39.